The minimum atomic E-state index is -0.142. The van der Waals surface area contributed by atoms with Crippen molar-refractivity contribution in [3.8, 4) is 0 Å². The van der Waals surface area contributed by atoms with E-state index >= 15 is 0 Å². The topological polar surface area (TPSA) is 53.4 Å². The average Bonchev–Trinajstić information content (AvgIpc) is 2.26. The Balaban J connectivity index is 2.24. The lowest BCUT2D eigenvalue weighted by Crippen LogP contribution is -2.20. The molecule has 0 saturated heterocycles. The van der Waals surface area contributed by atoms with Gasteiger partial charge in [-0.2, -0.15) is 0 Å². The summed E-state index contributed by atoms with van der Waals surface area (Å²) in [6, 6.07) is 1.30. The van der Waals surface area contributed by atoms with Gasteiger partial charge in [-0.3, -0.25) is 9.36 Å². The van der Waals surface area contributed by atoms with Gasteiger partial charge in [-0.15, -0.1) is 0 Å². The van der Waals surface area contributed by atoms with Crippen LogP contribution in [0.3, 0.4) is 0 Å². The molecule has 0 aromatic carbocycles. The van der Waals surface area contributed by atoms with Crippen LogP contribution in [0.2, 0.25) is 5.15 Å². The molecule has 0 aliphatic rings. The van der Waals surface area contributed by atoms with Crippen molar-refractivity contribution in [2.24, 2.45) is 0 Å². The van der Waals surface area contributed by atoms with Crippen molar-refractivity contribution >= 4 is 11.6 Å². The van der Waals surface area contributed by atoms with E-state index < -0.39 is 0 Å². The maximum atomic E-state index is 11.4. The van der Waals surface area contributed by atoms with Crippen molar-refractivity contribution in [2.45, 2.75) is 13.0 Å². The molecule has 1 heterocycles. The van der Waals surface area contributed by atoms with Crippen LogP contribution in [-0.2, 0) is 16.0 Å². The molecule has 0 aliphatic heterocycles. The van der Waals surface area contributed by atoms with Crippen LogP contribution in [0, 0.1) is 0 Å². The van der Waals surface area contributed by atoms with E-state index in [1.165, 1.54) is 17.0 Å². The Morgan fingerprint density at radius 1 is 1.44 bits per heavy atom. The third-order valence-electron chi connectivity index (χ3n) is 1.97. The average molecular weight is 247 g/mol. The minimum Gasteiger partial charge on any atom is -0.382 e. The molecule has 0 fully saturated rings. The van der Waals surface area contributed by atoms with Gasteiger partial charge in [-0.05, 0) is 6.42 Å². The summed E-state index contributed by atoms with van der Waals surface area (Å²) in [7, 11) is 1.63. The van der Waals surface area contributed by atoms with Gasteiger partial charge in [0, 0.05) is 26.3 Å². The van der Waals surface area contributed by atoms with Crippen LogP contribution in [-0.4, -0.2) is 36.5 Å². The molecule has 0 spiro atoms. The Morgan fingerprint density at radius 2 is 2.25 bits per heavy atom. The summed E-state index contributed by atoms with van der Waals surface area (Å²) in [5.41, 5.74) is -0.142. The van der Waals surface area contributed by atoms with Gasteiger partial charge in [0.1, 0.15) is 5.15 Å². The van der Waals surface area contributed by atoms with Gasteiger partial charge in [-0.1, -0.05) is 11.6 Å². The van der Waals surface area contributed by atoms with E-state index in [1.807, 2.05) is 0 Å². The zero-order valence-electron chi connectivity index (χ0n) is 9.19. The number of aromatic nitrogens is 2. The predicted octanol–water partition coefficient (Wildman–Crippen LogP) is 0.950. The van der Waals surface area contributed by atoms with Crippen LogP contribution in [0.4, 0.5) is 0 Å². The second-order valence-corrected chi connectivity index (χ2v) is 3.59. The summed E-state index contributed by atoms with van der Waals surface area (Å²) < 4.78 is 11.6. The minimum absolute atomic E-state index is 0.142. The molecule has 0 aliphatic carbocycles. The third kappa shape index (κ3) is 4.74. The van der Waals surface area contributed by atoms with E-state index in [1.54, 1.807) is 7.11 Å². The first-order valence-electron chi connectivity index (χ1n) is 5.02. The number of aryl methyl sites for hydroxylation is 1. The van der Waals surface area contributed by atoms with Gasteiger partial charge in [0.05, 0.1) is 19.5 Å². The molecule has 1 aromatic rings. The van der Waals surface area contributed by atoms with Gasteiger partial charge < -0.3 is 9.47 Å². The van der Waals surface area contributed by atoms with E-state index in [0.717, 1.165) is 6.42 Å². The third-order valence-corrected chi connectivity index (χ3v) is 2.17. The first-order valence-corrected chi connectivity index (χ1v) is 5.40. The highest BCUT2D eigenvalue weighted by atomic mass is 35.5. The summed E-state index contributed by atoms with van der Waals surface area (Å²) in [4.78, 5) is 15.2. The lowest BCUT2D eigenvalue weighted by Gasteiger charge is -2.05. The lowest BCUT2D eigenvalue weighted by atomic mass is 10.4. The summed E-state index contributed by atoms with van der Waals surface area (Å²) in [5, 5.41) is 0.220. The maximum Gasteiger partial charge on any atom is 0.254 e. The number of rotatable bonds is 7. The van der Waals surface area contributed by atoms with Crippen molar-refractivity contribution in [3.05, 3.63) is 27.9 Å². The summed E-state index contributed by atoms with van der Waals surface area (Å²) in [6.07, 6.45) is 2.20. The Labute approximate surface area is 99.0 Å². The van der Waals surface area contributed by atoms with Crippen molar-refractivity contribution in [2.75, 3.05) is 26.9 Å². The van der Waals surface area contributed by atoms with Gasteiger partial charge in [-0.25, -0.2) is 4.98 Å². The summed E-state index contributed by atoms with van der Waals surface area (Å²) in [6.45, 7) is 2.33. The van der Waals surface area contributed by atoms with Crippen LogP contribution < -0.4 is 5.56 Å². The Bertz CT molecular complexity index is 367. The molecule has 90 valence electrons. The molecule has 0 radical (unpaired) electrons. The number of nitrogens with zero attached hydrogens (tertiary/aromatic N) is 2. The highest BCUT2D eigenvalue weighted by Crippen LogP contribution is 1.97. The van der Waals surface area contributed by atoms with E-state index in [4.69, 9.17) is 21.1 Å². The monoisotopic (exact) mass is 246 g/mol. The first kappa shape index (κ1) is 13.2. The molecule has 0 unspecified atom stereocenters. The molecule has 5 nitrogen and oxygen atoms in total. The van der Waals surface area contributed by atoms with E-state index in [9.17, 15) is 4.79 Å². The smallest absolute Gasteiger partial charge is 0.254 e. The van der Waals surface area contributed by atoms with Crippen LogP contribution in [0.5, 0.6) is 0 Å². The fourth-order valence-electron chi connectivity index (χ4n) is 1.15. The van der Waals surface area contributed by atoms with E-state index in [0.29, 0.717) is 26.4 Å². The van der Waals surface area contributed by atoms with E-state index in [2.05, 4.69) is 4.98 Å². The number of hydrogen-bond acceptors (Lipinski definition) is 4. The highest BCUT2D eigenvalue weighted by Gasteiger charge is 1.97. The van der Waals surface area contributed by atoms with E-state index in [-0.39, 0.29) is 10.7 Å². The second-order valence-electron chi connectivity index (χ2n) is 3.20. The molecule has 6 heteroatoms. The zero-order chi connectivity index (χ0) is 11.8. The van der Waals surface area contributed by atoms with Gasteiger partial charge >= 0.3 is 0 Å². The molecule has 0 atom stereocenters. The van der Waals surface area contributed by atoms with Crippen LogP contribution in [0.25, 0.3) is 0 Å². The summed E-state index contributed by atoms with van der Waals surface area (Å²) >= 11 is 5.57. The molecule has 0 bridgehead atoms. The molecule has 0 N–H and O–H groups in total. The number of methoxy groups -OCH3 is 1. The second kappa shape index (κ2) is 7.38. The van der Waals surface area contributed by atoms with Crippen LogP contribution >= 0.6 is 11.6 Å². The quantitative estimate of drug-likeness (QED) is 0.531. The highest BCUT2D eigenvalue weighted by molar-refractivity contribution is 6.29. The largest absolute Gasteiger partial charge is 0.382 e. The van der Waals surface area contributed by atoms with Crippen LogP contribution in [0.1, 0.15) is 6.42 Å². The molecule has 0 saturated carbocycles. The number of halogens is 1. The number of hydrogen-bond donors (Lipinski definition) is 0. The Kier molecular flexibility index (Phi) is 6.07. The van der Waals surface area contributed by atoms with Crippen molar-refractivity contribution < 1.29 is 9.47 Å². The molecule has 1 rings (SSSR count). The van der Waals surface area contributed by atoms with Gasteiger partial charge in [0.2, 0.25) is 0 Å². The Hall–Kier alpha value is -0.910. The SMILES string of the molecule is COCCOCCCn1cnc(Cl)cc1=O. The lowest BCUT2D eigenvalue weighted by molar-refractivity contribution is 0.0679. The molecule has 0 amide bonds. The molecule has 16 heavy (non-hydrogen) atoms. The van der Waals surface area contributed by atoms with Crippen molar-refractivity contribution in [1.82, 2.24) is 9.55 Å². The molecular formula is C10H15ClN2O3. The van der Waals surface area contributed by atoms with Gasteiger partial charge in [0.15, 0.2) is 0 Å². The molecular weight excluding hydrogens is 232 g/mol. The molecule has 1 aromatic heterocycles. The van der Waals surface area contributed by atoms with Gasteiger partial charge in [0.25, 0.3) is 5.56 Å². The summed E-state index contributed by atoms with van der Waals surface area (Å²) in [5.74, 6) is 0. The normalized spacial score (nSPS) is 10.6. The van der Waals surface area contributed by atoms with Crippen LogP contribution in [0.15, 0.2) is 17.2 Å². The fourth-order valence-corrected chi connectivity index (χ4v) is 1.29. The maximum absolute atomic E-state index is 11.4. The standard InChI is InChI=1S/C10H15ClN2O3/c1-15-5-6-16-4-2-3-13-8-12-9(11)7-10(13)14/h7-8H,2-6H2,1H3. The first-order chi connectivity index (χ1) is 7.74. The van der Waals surface area contributed by atoms with Crippen molar-refractivity contribution in [3.63, 3.8) is 0 Å². The zero-order valence-corrected chi connectivity index (χ0v) is 9.94. The van der Waals surface area contributed by atoms with Crippen molar-refractivity contribution in [1.29, 1.82) is 0 Å². The Morgan fingerprint density at radius 3 is 2.94 bits per heavy atom. The predicted molar refractivity (Wildman–Crippen MR) is 60.8 cm³/mol. The fraction of sp³-hybridized carbons (Fsp3) is 0.600. The number of ether oxygens (including phenoxy) is 2.